The average molecular weight is 362 g/mol. The molecule has 0 saturated carbocycles. The normalized spacial score (nSPS) is 15.4. The number of amides is 1. The SMILES string of the molecule is CCN(C)C(=O)c1csc(CN2CCN(c3ccccc3F)CC2)n1. The van der Waals surface area contributed by atoms with Gasteiger partial charge in [0.05, 0.1) is 12.2 Å². The number of carbonyl (C=O) groups is 1. The van der Waals surface area contributed by atoms with E-state index in [0.29, 0.717) is 17.9 Å². The van der Waals surface area contributed by atoms with Crippen LogP contribution in [0.15, 0.2) is 29.6 Å². The molecule has 1 aliphatic rings. The zero-order chi connectivity index (χ0) is 17.8. The van der Waals surface area contributed by atoms with E-state index in [2.05, 4.69) is 14.8 Å². The lowest BCUT2D eigenvalue weighted by Crippen LogP contribution is -2.46. The quantitative estimate of drug-likeness (QED) is 0.820. The van der Waals surface area contributed by atoms with Gasteiger partial charge in [0.1, 0.15) is 16.5 Å². The van der Waals surface area contributed by atoms with Crippen molar-refractivity contribution >= 4 is 22.9 Å². The second-order valence-corrected chi connectivity index (χ2v) is 7.10. The van der Waals surface area contributed by atoms with Crippen LogP contribution >= 0.6 is 11.3 Å². The molecule has 1 aliphatic heterocycles. The largest absolute Gasteiger partial charge is 0.367 e. The van der Waals surface area contributed by atoms with E-state index in [-0.39, 0.29) is 11.7 Å². The van der Waals surface area contributed by atoms with Crippen LogP contribution in [0, 0.1) is 5.82 Å². The Morgan fingerprint density at radius 2 is 2.00 bits per heavy atom. The summed E-state index contributed by atoms with van der Waals surface area (Å²) < 4.78 is 13.9. The van der Waals surface area contributed by atoms with Crippen molar-refractivity contribution in [1.29, 1.82) is 0 Å². The summed E-state index contributed by atoms with van der Waals surface area (Å²) in [4.78, 5) is 22.6. The first-order valence-corrected chi connectivity index (χ1v) is 9.38. The molecule has 1 fully saturated rings. The van der Waals surface area contributed by atoms with Crippen LogP contribution in [0.3, 0.4) is 0 Å². The molecule has 0 unspecified atom stereocenters. The zero-order valence-corrected chi connectivity index (χ0v) is 15.4. The predicted molar refractivity (Wildman–Crippen MR) is 98.6 cm³/mol. The fourth-order valence-electron chi connectivity index (χ4n) is 2.87. The molecule has 1 amide bonds. The summed E-state index contributed by atoms with van der Waals surface area (Å²) >= 11 is 1.53. The van der Waals surface area contributed by atoms with Crippen LogP contribution in [0.4, 0.5) is 10.1 Å². The lowest BCUT2D eigenvalue weighted by Gasteiger charge is -2.35. The lowest BCUT2D eigenvalue weighted by atomic mass is 10.2. The third-order valence-corrected chi connectivity index (χ3v) is 5.35. The zero-order valence-electron chi connectivity index (χ0n) is 14.6. The van der Waals surface area contributed by atoms with Crippen molar-refractivity contribution in [3.8, 4) is 0 Å². The van der Waals surface area contributed by atoms with E-state index < -0.39 is 0 Å². The van der Waals surface area contributed by atoms with Gasteiger partial charge in [-0.1, -0.05) is 12.1 Å². The Bertz CT molecular complexity index is 727. The van der Waals surface area contributed by atoms with Crippen LogP contribution in [0.25, 0.3) is 0 Å². The number of hydrogen-bond donors (Lipinski definition) is 0. The van der Waals surface area contributed by atoms with Gasteiger partial charge in [0, 0.05) is 45.2 Å². The maximum Gasteiger partial charge on any atom is 0.273 e. The van der Waals surface area contributed by atoms with Gasteiger partial charge in [-0.25, -0.2) is 9.37 Å². The first-order valence-electron chi connectivity index (χ1n) is 8.50. The van der Waals surface area contributed by atoms with Gasteiger partial charge in [-0.05, 0) is 19.1 Å². The van der Waals surface area contributed by atoms with E-state index in [4.69, 9.17) is 0 Å². The molecule has 7 heteroatoms. The summed E-state index contributed by atoms with van der Waals surface area (Å²) in [5.41, 5.74) is 1.20. The number of piperazine rings is 1. The Balaban J connectivity index is 1.55. The number of para-hydroxylation sites is 1. The molecule has 25 heavy (non-hydrogen) atoms. The van der Waals surface area contributed by atoms with Gasteiger partial charge in [-0.2, -0.15) is 0 Å². The highest BCUT2D eigenvalue weighted by Crippen LogP contribution is 2.21. The molecular formula is C18H23FN4OS. The third-order valence-electron chi connectivity index (χ3n) is 4.52. The molecule has 1 aromatic heterocycles. The predicted octanol–water partition coefficient (Wildman–Crippen LogP) is 2.70. The Labute approximate surface area is 151 Å². The van der Waals surface area contributed by atoms with Crippen molar-refractivity contribution in [1.82, 2.24) is 14.8 Å². The van der Waals surface area contributed by atoms with Crippen molar-refractivity contribution in [2.45, 2.75) is 13.5 Å². The first-order chi connectivity index (χ1) is 12.1. The summed E-state index contributed by atoms with van der Waals surface area (Å²) in [5, 5.41) is 2.78. The molecule has 5 nitrogen and oxygen atoms in total. The van der Waals surface area contributed by atoms with Crippen molar-refractivity contribution in [2.24, 2.45) is 0 Å². The second kappa shape index (κ2) is 7.93. The summed E-state index contributed by atoms with van der Waals surface area (Å²) in [6.07, 6.45) is 0. The molecule has 0 radical (unpaired) electrons. The molecule has 0 bridgehead atoms. The summed E-state index contributed by atoms with van der Waals surface area (Å²) in [5.74, 6) is -0.201. The monoisotopic (exact) mass is 362 g/mol. The van der Waals surface area contributed by atoms with Gasteiger partial charge in [0.25, 0.3) is 5.91 Å². The number of benzene rings is 1. The van der Waals surface area contributed by atoms with Gasteiger partial charge in [-0.3, -0.25) is 9.69 Å². The molecule has 2 heterocycles. The van der Waals surface area contributed by atoms with Crippen molar-refractivity contribution in [2.75, 3.05) is 44.7 Å². The molecule has 3 rings (SSSR count). The van der Waals surface area contributed by atoms with E-state index in [1.165, 1.54) is 17.4 Å². The van der Waals surface area contributed by atoms with Gasteiger partial charge >= 0.3 is 0 Å². The Kier molecular flexibility index (Phi) is 5.65. The third kappa shape index (κ3) is 4.16. The van der Waals surface area contributed by atoms with Crippen LogP contribution in [0.2, 0.25) is 0 Å². The molecule has 2 aromatic rings. The van der Waals surface area contributed by atoms with E-state index in [1.54, 1.807) is 18.0 Å². The topological polar surface area (TPSA) is 39.7 Å². The number of rotatable bonds is 5. The fourth-order valence-corrected chi connectivity index (χ4v) is 3.68. The van der Waals surface area contributed by atoms with Crippen LogP contribution in [-0.4, -0.2) is 60.5 Å². The van der Waals surface area contributed by atoms with Crippen molar-refractivity contribution < 1.29 is 9.18 Å². The molecule has 0 N–H and O–H groups in total. The summed E-state index contributed by atoms with van der Waals surface area (Å²) in [7, 11) is 1.78. The number of hydrogen-bond acceptors (Lipinski definition) is 5. The molecule has 1 aromatic carbocycles. The fraction of sp³-hybridized carbons (Fsp3) is 0.444. The maximum absolute atomic E-state index is 13.9. The average Bonchev–Trinajstić information content (AvgIpc) is 3.10. The van der Waals surface area contributed by atoms with E-state index in [0.717, 1.165) is 37.7 Å². The van der Waals surface area contributed by atoms with Gasteiger partial charge in [0.15, 0.2) is 0 Å². The molecule has 0 spiro atoms. The van der Waals surface area contributed by atoms with Gasteiger partial charge in [-0.15, -0.1) is 11.3 Å². The Morgan fingerprint density at radius 3 is 2.68 bits per heavy atom. The number of anilines is 1. The van der Waals surface area contributed by atoms with Crippen LogP contribution in [-0.2, 0) is 6.54 Å². The summed E-state index contributed by atoms with van der Waals surface area (Å²) in [6, 6.07) is 6.91. The van der Waals surface area contributed by atoms with Crippen LogP contribution in [0.1, 0.15) is 22.4 Å². The number of thiazole rings is 1. The Hall–Kier alpha value is -1.99. The summed E-state index contributed by atoms with van der Waals surface area (Å²) in [6.45, 7) is 6.63. The van der Waals surface area contributed by atoms with E-state index in [9.17, 15) is 9.18 Å². The maximum atomic E-state index is 13.9. The van der Waals surface area contributed by atoms with E-state index >= 15 is 0 Å². The van der Waals surface area contributed by atoms with Crippen molar-refractivity contribution in [3.05, 3.63) is 46.2 Å². The number of carbonyl (C=O) groups excluding carboxylic acids is 1. The minimum atomic E-state index is -0.168. The van der Waals surface area contributed by atoms with Crippen LogP contribution < -0.4 is 4.90 Å². The molecule has 0 atom stereocenters. The smallest absolute Gasteiger partial charge is 0.273 e. The minimum Gasteiger partial charge on any atom is -0.367 e. The number of halogens is 1. The number of nitrogens with zero attached hydrogens (tertiary/aromatic N) is 4. The first kappa shape index (κ1) is 17.8. The lowest BCUT2D eigenvalue weighted by molar-refractivity contribution is 0.0797. The van der Waals surface area contributed by atoms with Crippen molar-refractivity contribution in [3.63, 3.8) is 0 Å². The van der Waals surface area contributed by atoms with Crippen LogP contribution in [0.5, 0.6) is 0 Å². The highest BCUT2D eigenvalue weighted by atomic mass is 32.1. The van der Waals surface area contributed by atoms with E-state index in [1.807, 2.05) is 24.4 Å². The molecule has 134 valence electrons. The molecule has 0 aliphatic carbocycles. The number of aromatic nitrogens is 1. The molecule has 1 saturated heterocycles. The Morgan fingerprint density at radius 1 is 1.28 bits per heavy atom. The standard InChI is InChI=1S/C18H23FN4OS/c1-3-21(2)18(24)15-13-25-17(20-15)12-22-8-10-23(11-9-22)16-7-5-4-6-14(16)19/h4-7,13H,3,8-12H2,1-2H3. The highest BCUT2D eigenvalue weighted by molar-refractivity contribution is 7.09. The molecular weight excluding hydrogens is 339 g/mol. The minimum absolute atomic E-state index is 0.0330. The second-order valence-electron chi connectivity index (χ2n) is 6.16. The highest BCUT2D eigenvalue weighted by Gasteiger charge is 2.21. The van der Waals surface area contributed by atoms with Gasteiger partial charge < -0.3 is 9.80 Å². The van der Waals surface area contributed by atoms with Gasteiger partial charge in [0.2, 0.25) is 0 Å².